The molecule has 0 saturated carbocycles. The Bertz CT molecular complexity index is 807. The molecule has 0 radical (unpaired) electrons. The Hall–Kier alpha value is -2.58. The Kier molecular flexibility index (Phi) is 6.45. The summed E-state index contributed by atoms with van der Waals surface area (Å²) in [4.78, 5) is 23.5. The summed E-state index contributed by atoms with van der Waals surface area (Å²) in [7, 11) is 0. The van der Waals surface area contributed by atoms with E-state index in [-0.39, 0.29) is 12.0 Å². The number of rotatable bonds is 6. The number of alkyl halides is 3. The van der Waals surface area contributed by atoms with E-state index in [0.717, 1.165) is 24.3 Å². The molecule has 9 heteroatoms. The minimum Gasteiger partial charge on any atom is -0.480 e. The highest BCUT2D eigenvalue weighted by Gasteiger charge is 2.31. The van der Waals surface area contributed by atoms with Crippen molar-refractivity contribution in [1.82, 2.24) is 5.32 Å². The van der Waals surface area contributed by atoms with Gasteiger partial charge in [-0.3, -0.25) is 4.79 Å². The van der Waals surface area contributed by atoms with Crippen molar-refractivity contribution in [3.8, 4) is 0 Å². The molecule has 1 amide bonds. The SMILES string of the molecule is O=C(O)[C@@H](Cc1ccc(Cl)cc1)NC(=O)[C@H](O)c1ccc(C(F)(F)F)cc1. The van der Waals surface area contributed by atoms with Gasteiger partial charge in [0, 0.05) is 11.4 Å². The molecule has 0 unspecified atom stereocenters. The molecule has 0 aliphatic heterocycles. The van der Waals surface area contributed by atoms with E-state index in [0.29, 0.717) is 10.6 Å². The fourth-order valence-electron chi connectivity index (χ4n) is 2.31. The second-order valence-corrected chi connectivity index (χ2v) is 6.19. The average Bonchev–Trinajstić information content (AvgIpc) is 2.61. The molecule has 0 saturated heterocycles. The number of hydrogen-bond acceptors (Lipinski definition) is 3. The Morgan fingerprint density at radius 2 is 1.59 bits per heavy atom. The van der Waals surface area contributed by atoms with Gasteiger partial charge in [0.2, 0.25) is 0 Å². The topological polar surface area (TPSA) is 86.6 Å². The van der Waals surface area contributed by atoms with E-state index in [9.17, 15) is 33.0 Å². The lowest BCUT2D eigenvalue weighted by Gasteiger charge is -2.18. The Labute approximate surface area is 157 Å². The third kappa shape index (κ3) is 5.70. The smallest absolute Gasteiger partial charge is 0.416 e. The number of amides is 1. The number of aliphatic hydroxyl groups is 1. The maximum absolute atomic E-state index is 12.6. The highest BCUT2D eigenvalue weighted by Crippen LogP contribution is 2.30. The summed E-state index contributed by atoms with van der Waals surface area (Å²) in [6.45, 7) is 0. The first kappa shape index (κ1) is 20.7. The molecule has 3 N–H and O–H groups in total. The largest absolute Gasteiger partial charge is 0.480 e. The first-order valence-electron chi connectivity index (χ1n) is 7.71. The Morgan fingerprint density at radius 3 is 2.07 bits per heavy atom. The van der Waals surface area contributed by atoms with Crippen LogP contribution in [0.4, 0.5) is 13.2 Å². The molecule has 0 bridgehead atoms. The van der Waals surface area contributed by atoms with Gasteiger partial charge in [-0.25, -0.2) is 4.79 Å². The van der Waals surface area contributed by atoms with E-state index >= 15 is 0 Å². The van der Waals surface area contributed by atoms with Crippen LogP contribution >= 0.6 is 11.6 Å². The van der Waals surface area contributed by atoms with Crippen molar-refractivity contribution in [3.63, 3.8) is 0 Å². The van der Waals surface area contributed by atoms with Gasteiger partial charge in [0.15, 0.2) is 6.10 Å². The normalized spacial score (nSPS) is 13.7. The zero-order valence-electron chi connectivity index (χ0n) is 13.7. The van der Waals surface area contributed by atoms with Gasteiger partial charge in [0.1, 0.15) is 6.04 Å². The van der Waals surface area contributed by atoms with Crippen molar-refractivity contribution in [2.75, 3.05) is 0 Å². The molecule has 2 aromatic carbocycles. The quantitative estimate of drug-likeness (QED) is 0.693. The van der Waals surface area contributed by atoms with E-state index in [1.807, 2.05) is 0 Å². The number of aliphatic carboxylic acids is 1. The van der Waals surface area contributed by atoms with Gasteiger partial charge in [0.05, 0.1) is 5.56 Å². The van der Waals surface area contributed by atoms with Crippen LogP contribution < -0.4 is 5.32 Å². The molecule has 2 atom stereocenters. The lowest BCUT2D eigenvalue weighted by molar-refractivity contribution is -0.143. The number of carboxylic acids is 1. The molecule has 0 aromatic heterocycles. The molecule has 0 aliphatic carbocycles. The Balaban J connectivity index is 2.07. The predicted octanol–water partition coefficient (Wildman–Crippen LogP) is 3.20. The molecule has 2 aromatic rings. The minimum atomic E-state index is -4.54. The third-order valence-corrected chi connectivity index (χ3v) is 4.02. The summed E-state index contributed by atoms with van der Waals surface area (Å²) in [6.07, 6.45) is -6.41. The minimum absolute atomic E-state index is 0.0576. The van der Waals surface area contributed by atoms with Crippen LogP contribution in [0.5, 0.6) is 0 Å². The van der Waals surface area contributed by atoms with Crippen LogP contribution in [0.3, 0.4) is 0 Å². The molecule has 0 spiro atoms. The number of carboxylic acid groups (broad SMARTS) is 1. The van der Waals surface area contributed by atoms with Crippen molar-refractivity contribution in [1.29, 1.82) is 0 Å². The summed E-state index contributed by atoms with van der Waals surface area (Å²) in [5.41, 5.74) is -0.419. The molecule has 0 fully saturated rings. The number of nitrogens with one attached hydrogen (secondary N) is 1. The number of carbonyl (C=O) groups is 2. The zero-order chi connectivity index (χ0) is 20.2. The lowest BCUT2D eigenvalue weighted by Crippen LogP contribution is -2.44. The Morgan fingerprint density at radius 1 is 1.04 bits per heavy atom. The monoisotopic (exact) mass is 401 g/mol. The van der Waals surface area contributed by atoms with Crippen LogP contribution in [-0.4, -0.2) is 28.1 Å². The fourth-order valence-corrected chi connectivity index (χ4v) is 2.44. The first-order valence-corrected chi connectivity index (χ1v) is 8.08. The molecule has 27 heavy (non-hydrogen) atoms. The van der Waals surface area contributed by atoms with Crippen LogP contribution in [0.15, 0.2) is 48.5 Å². The van der Waals surface area contributed by atoms with Gasteiger partial charge < -0.3 is 15.5 Å². The van der Waals surface area contributed by atoms with E-state index < -0.39 is 35.8 Å². The predicted molar refractivity (Wildman–Crippen MR) is 91.1 cm³/mol. The summed E-state index contributed by atoms with van der Waals surface area (Å²) < 4.78 is 37.7. The van der Waals surface area contributed by atoms with Crippen molar-refractivity contribution in [3.05, 3.63) is 70.2 Å². The second kappa shape index (κ2) is 8.41. The number of halogens is 4. The van der Waals surface area contributed by atoms with Crippen LogP contribution in [0.25, 0.3) is 0 Å². The van der Waals surface area contributed by atoms with Crippen molar-refractivity contribution < 1.29 is 33.0 Å². The van der Waals surface area contributed by atoms with Gasteiger partial charge in [-0.2, -0.15) is 13.2 Å². The maximum atomic E-state index is 12.6. The molecule has 0 aliphatic rings. The van der Waals surface area contributed by atoms with E-state index in [4.69, 9.17) is 11.6 Å². The number of hydrogen-bond donors (Lipinski definition) is 3. The molecular weight excluding hydrogens is 387 g/mol. The van der Waals surface area contributed by atoms with Crippen molar-refractivity contribution in [2.24, 2.45) is 0 Å². The van der Waals surface area contributed by atoms with Gasteiger partial charge in [-0.05, 0) is 35.4 Å². The highest BCUT2D eigenvalue weighted by molar-refractivity contribution is 6.30. The van der Waals surface area contributed by atoms with E-state index in [1.54, 1.807) is 24.3 Å². The van der Waals surface area contributed by atoms with E-state index in [2.05, 4.69) is 5.32 Å². The van der Waals surface area contributed by atoms with Gasteiger partial charge in [-0.15, -0.1) is 0 Å². The average molecular weight is 402 g/mol. The van der Waals surface area contributed by atoms with Crippen LogP contribution in [0, 0.1) is 0 Å². The van der Waals surface area contributed by atoms with Gasteiger partial charge in [-0.1, -0.05) is 35.9 Å². The number of carbonyl (C=O) groups excluding carboxylic acids is 1. The van der Waals surface area contributed by atoms with Crippen molar-refractivity contribution >= 4 is 23.5 Å². The van der Waals surface area contributed by atoms with Crippen LogP contribution in [0.2, 0.25) is 5.02 Å². The number of benzene rings is 2. The van der Waals surface area contributed by atoms with Crippen molar-refractivity contribution in [2.45, 2.75) is 24.7 Å². The van der Waals surface area contributed by atoms with Crippen LogP contribution in [-0.2, 0) is 22.2 Å². The molecular formula is C18H15ClF3NO4. The van der Waals surface area contributed by atoms with Crippen LogP contribution in [0.1, 0.15) is 22.8 Å². The summed E-state index contributed by atoms with van der Waals surface area (Å²) in [5, 5.41) is 21.9. The zero-order valence-corrected chi connectivity index (χ0v) is 14.5. The van der Waals surface area contributed by atoms with E-state index in [1.165, 1.54) is 0 Å². The molecule has 144 valence electrons. The molecule has 2 rings (SSSR count). The third-order valence-electron chi connectivity index (χ3n) is 3.77. The molecule has 5 nitrogen and oxygen atoms in total. The maximum Gasteiger partial charge on any atom is 0.416 e. The summed E-state index contributed by atoms with van der Waals surface area (Å²) in [5.74, 6) is -2.35. The highest BCUT2D eigenvalue weighted by atomic mass is 35.5. The van der Waals surface area contributed by atoms with Gasteiger partial charge >= 0.3 is 12.1 Å². The van der Waals surface area contributed by atoms with Gasteiger partial charge in [0.25, 0.3) is 5.91 Å². The summed E-state index contributed by atoms with van der Waals surface area (Å²) >= 11 is 5.75. The first-order chi connectivity index (χ1) is 12.6. The summed E-state index contributed by atoms with van der Waals surface area (Å²) in [6, 6.07) is 8.37. The number of aliphatic hydroxyl groups excluding tert-OH is 1. The molecule has 0 heterocycles. The lowest BCUT2D eigenvalue weighted by atomic mass is 10.0. The second-order valence-electron chi connectivity index (χ2n) is 5.75. The fraction of sp³-hybridized carbons (Fsp3) is 0.222. The standard InChI is InChI=1S/C18H15ClF3NO4/c19-13-7-1-10(2-8-13)9-14(17(26)27)23-16(25)15(24)11-3-5-12(6-4-11)18(20,21)22/h1-8,14-15,24H,9H2,(H,23,25)(H,26,27)/t14-,15-/m1/s1.